The van der Waals surface area contributed by atoms with Crippen LogP contribution in [0.5, 0.6) is 0 Å². The quantitative estimate of drug-likeness (QED) is 0.759. The number of carbonyl (C=O) groups is 1. The molecule has 1 aliphatic rings. The van der Waals surface area contributed by atoms with Crippen LogP contribution < -0.4 is 10.9 Å². The van der Waals surface area contributed by atoms with E-state index >= 15 is 0 Å². The van der Waals surface area contributed by atoms with E-state index in [1.807, 2.05) is 11.9 Å². The SMILES string of the molecule is CN(CC1CCNN1)C(C(=O)O)c1ccc(Cl)cc1. The van der Waals surface area contributed by atoms with Gasteiger partial charge in [-0.2, -0.15) is 0 Å². The van der Waals surface area contributed by atoms with Gasteiger partial charge in [0.2, 0.25) is 0 Å². The first-order valence-electron chi connectivity index (χ1n) is 6.25. The van der Waals surface area contributed by atoms with Crippen molar-refractivity contribution in [2.24, 2.45) is 0 Å². The third-order valence-electron chi connectivity index (χ3n) is 3.29. The van der Waals surface area contributed by atoms with Gasteiger partial charge in [0, 0.05) is 24.2 Å². The molecule has 0 amide bonds. The number of aliphatic carboxylic acids is 1. The molecule has 6 heteroatoms. The third-order valence-corrected chi connectivity index (χ3v) is 3.54. The molecule has 0 bridgehead atoms. The maximum Gasteiger partial charge on any atom is 0.325 e. The van der Waals surface area contributed by atoms with Crippen molar-refractivity contribution in [3.05, 3.63) is 34.9 Å². The monoisotopic (exact) mass is 283 g/mol. The summed E-state index contributed by atoms with van der Waals surface area (Å²) in [5, 5.41) is 10.0. The van der Waals surface area contributed by atoms with Crippen molar-refractivity contribution in [2.75, 3.05) is 20.1 Å². The standard InChI is InChI=1S/C13H18ClN3O2/c1-17(8-11-6-7-15-16-11)12(13(18)19)9-2-4-10(14)5-3-9/h2-5,11-12,15-16H,6-8H2,1H3,(H,18,19). The Kier molecular flexibility index (Phi) is 4.76. The lowest BCUT2D eigenvalue weighted by Gasteiger charge is -2.27. The number of carboxylic acid groups (broad SMARTS) is 1. The van der Waals surface area contributed by atoms with Gasteiger partial charge in [0.1, 0.15) is 6.04 Å². The number of hydrogen-bond acceptors (Lipinski definition) is 4. The Morgan fingerprint density at radius 1 is 1.53 bits per heavy atom. The Morgan fingerprint density at radius 3 is 2.74 bits per heavy atom. The summed E-state index contributed by atoms with van der Waals surface area (Å²) < 4.78 is 0. The molecule has 1 aromatic carbocycles. The predicted octanol–water partition coefficient (Wildman–Crippen LogP) is 1.26. The average Bonchev–Trinajstić information content (AvgIpc) is 2.84. The van der Waals surface area contributed by atoms with E-state index in [1.165, 1.54) is 0 Å². The second-order valence-corrected chi connectivity index (χ2v) is 5.23. The molecule has 2 unspecified atom stereocenters. The van der Waals surface area contributed by atoms with Crippen molar-refractivity contribution >= 4 is 17.6 Å². The Hall–Kier alpha value is -1.14. The Balaban J connectivity index is 2.10. The highest BCUT2D eigenvalue weighted by Crippen LogP contribution is 2.22. The van der Waals surface area contributed by atoms with E-state index in [4.69, 9.17) is 11.6 Å². The topological polar surface area (TPSA) is 64.6 Å². The second-order valence-electron chi connectivity index (χ2n) is 4.79. The molecule has 0 aromatic heterocycles. The minimum absolute atomic E-state index is 0.277. The van der Waals surface area contributed by atoms with E-state index in [9.17, 15) is 9.90 Å². The highest BCUT2D eigenvalue weighted by Gasteiger charge is 2.27. The summed E-state index contributed by atoms with van der Waals surface area (Å²) >= 11 is 5.83. The molecule has 2 atom stereocenters. The Bertz CT molecular complexity index is 432. The van der Waals surface area contributed by atoms with Gasteiger partial charge in [-0.15, -0.1) is 0 Å². The fraction of sp³-hybridized carbons (Fsp3) is 0.462. The van der Waals surface area contributed by atoms with E-state index in [-0.39, 0.29) is 6.04 Å². The lowest BCUT2D eigenvalue weighted by molar-refractivity contribution is -0.143. The Morgan fingerprint density at radius 2 is 2.21 bits per heavy atom. The molecule has 1 saturated heterocycles. The number of hydrazine groups is 1. The molecule has 3 N–H and O–H groups in total. The normalized spacial score (nSPS) is 20.7. The van der Waals surface area contributed by atoms with Crippen molar-refractivity contribution < 1.29 is 9.90 Å². The van der Waals surface area contributed by atoms with Crippen molar-refractivity contribution in [3.8, 4) is 0 Å². The molecule has 0 radical (unpaired) electrons. The zero-order valence-corrected chi connectivity index (χ0v) is 11.5. The molecule has 0 aliphatic carbocycles. The highest BCUT2D eigenvalue weighted by molar-refractivity contribution is 6.30. The number of nitrogens with one attached hydrogen (secondary N) is 2. The van der Waals surface area contributed by atoms with Crippen molar-refractivity contribution in [1.82, 2.24) is 15.8 Å². The van der Waals surface area contributed by atoms with Crippen LogP contribution in [0.25, 0.3) is 0 Å². The fourth-order valence-corrected chi connectivity index (χ4v) is 2.48. The zero-order chi connectivity index (χ0) is 13.8. The summed E-state index contributed by atoms with van der Waals surface area (Å²) in [6, 6.07) is 6.58. The van der Waals surface area contributed by atoms with Gasteiger partial charge in [-0.05, 0) is 31.2 Å². The highest BCUT2D eigenvalue weighted by atomic mass is 35.5. The lowest BCUT2D eigenvalue weighted by atomic mass is 10.0. The first-order chi connectivity index (χ1) is 9.08. The number of halogens is 1. The van der Waals surface area contributed by atoms with Gasteiger partial charge in [0.15, 0.2) is 0 Å². The summed E-state index contributed by atoms with van der Waals surface area (Å²) in [6.45, 7) is 1.59. The van der Waals surface area contributed by atoms with Gasteiger partial charge >= 0.3 is 5.97 Å². The molecule has 5 nitrogen and oxygen atoms in total. The summed E-state index contributed by atoms with van der Waals surface area (Å²) in [4.78, 5) is 13.3. The minimum Gasteiger partial charge on any atom is -0.480 e. The molecule has 0 spiro atoms. The average molecular weight is 284 g/mol. The van der Waals surface area contributed by atoms with Crippen LogP contribution in [0.2, 0.25) is 5.02 Å². The van der Waals surface area contributed by atoms with Crippen LogP contribution in [0.4, 0.5) is 0 Å². The number of carboxylic acids is 1. The number of benzene rings is 1. The molecule has 1 heterocycles. The number of likely N-dealkylation sites (N-methyl/N-ethyl adjacent to an activating group) is 1. The van der Waals surface area contributed by atoms with E-state index in [2.05, 4.69) is 10.9 Å². The van der Waals surface area contributed by atoms with Crippen LogP contribution in [0.15, 0.2) is 24.3 Å². The first-order valence-corrected chi connectivity index (χ1v) is 6.62. The molecule has 104 valence electrons. The molecule has 1 fully saturated rings. The Labute approximate surface area is 117 Å². The molecule has 0 saturated carbocycles. The fourth-order valence-electron chi connectivity index (χ4n) is 2.36. The number of hydrogen-bond donors (Lipinski definition) is 3. The van der Waals surface area contributed by atoms with Crippen LogP contribution in [0.1, 0.15) is 18.0 Å². The molecular weight excluding hydrogens is 266 g/mol. The zero-order valence-electron chi connectivity index (χ0n) is 10.8. The maximum atomic E-state index is 11.5. The number of rotatable bonds is 5. The van der Waals surface area contributed by atoms with Crippen LogP contribution in [-0.2, 0) is 4.79 Å². The van der Waals surface area contributed by atoms with Gasteiger partial charge in [-0.1, -0.05) is 23.7 Å². The van der Waals surface area contributed by atoms with Crippen LogP contribution >= 0.6 is 11.6 Å². The summed E-state index contributed by atoms with van der Waals surface area (Å²) in [6.07, 6.45) is 0.997. The second kappa shape index (κ2) is 6.34. The van der Waals surface area contributed by atoms with Gasteiger partial charge < -0.3 is 5.11 Å². The van der Waals surface area contributed by atoms with Gasteiger partial charge in [-0.25, -0.2) is 0 Å². The van der Waals surface area contributed by atoms with Gasteiger partial charge in [0.25, 0.3) is 0 Å². The van der Waals surface area contributed by atoms with E-state index in [1.54, 1.807) is 24.3 Å². The van der Waals surface area contributed by atoms with Gasteiger partial charge in [0.05, 0.1) is 0 Å². The molecular formula is C13H18ClN3O2. The summed E-state index contributed by atoms with van der Waals surface area (Å²) in [7, 11) is 1.83. The lowest BCUT2D eigenvalue weighted by Crippen LogP contribution is -2.42. The van der Waals surface area contributed by atoms with E-state index < -0.39 is 12.0 Å². The number of nitrogens with zero attached hydrogens (tertiary/aromatic N) is 1. The molecule has 1 aromatic rings. The van der Waals surface area contributed by atoms with Gasteiger partial charge in [-0.3, -0.25) is 20.5 Å². The van der Waals surface area contributed by atoms with Crippen LogP contribution in [0.3, 0.4) is 0 Å². The van der Waals surface area contributed by atoms with Crippen molar-refractivity contribution in [1.29, 1.82) is 0 Å². The van der Waals surface area contributed by atoms with Crippen LogP contribution in [-0.4, -0.2) is 42.2 Å². The third kappa shape index (κ3) is 3.67. The van der Waals surface area contributed by atoms with E-state index in [0.717, 1.165) is 18.5 Å². The summed E-state index contributed by atoms with van der Waals surface area (Å²) in [5.74, 6) is -0.851. The van der Waals surface area contributed by atoms with E-state index in [0.29, 0.717) is 11.6 Å². The van der Waals surface area contributed by atoms with Crippen molar-refractivity contribution in [3.63, 3.8) is 0 Å². The largest absolute Gasteiger partial charge is 0.480 e. The maximum absolute atomic E-state index is 11.5. The molecule has 1 aliphatic heterocycles. The minimum atomic E-state index is -0.851. The predicted molar refractivity (Wildman–Crippen MR) is 74.0 cm³/mol. The van der Waals surface area contributed by atoms with Crippen molar-refractivity contribution in [2.45, 2.75) is 18.5 Å². The molecule has 2 rings (SSSR count). The summed E-state index contributed by atoms with van der Waals surface area (Å²) in [5.41, 5.74) is 6.93. The first kappa shape index (κ1) is 14.3. The smallest absolute Gasteiger partial charge is 0.325 e. The van der Waals surface area contributed by atoms with Crippen LogP contribution in [0, 0.1) is 0 Å². The molecule has 19 heavy (non-hydrogen) atoms.